The number of benzene rings is 1. The lowest BCUT2D eigenvalue weighted by molar-refractivity contribution is -0.148. The molecule has 1 aromatic rings. The molecule has 1 amide bonds. The molecule has 28 heavy (non-hydrogen) atoms. The summed E-state index contributed by atoms with van der Waals surface area (Å²) in [6.45, 7) is 0.252. The minimum atomic E-state index is -0.286. The highest BCUT2D eigenvalue weighted by atomic mass is 16.5. The highest BCUT2D eigenvalue weighted by Crippen LogP contribution is 2.28. The van der Waals surface area contributed by atoms with Gasteiger partial charge in [-0.1, -0.05) is 38.2 Å². The van der Waals surface area contributed by atoms with Gasteiger partial charge in [0.1, 0.15) is 0 Å². The van der Waals surface area contributed by atoms with E-state index in [-0.39, 0.29) is 18.5 Å². The molecule has 1 aliphatic carbocycles. The van der Waals surface area contributed by atoms with Crippen LogP contribution < -0.4 is 14.8 Å². The van der Waals surface area contributed by atoms with Crippen LogP contribution >= 0.6 is 0 Å². The molecule has 156 valence electrons. The van der Waals surface area contributed by atoms with Crippen LogP contribution in [-0.4, -0.2) is 39.2 Å². The molecule has 0 bridgehead atoms. The maximum atomic E-state index is 11.8. The Hall–Kier alpha value is -2.24. The van der Waals surface area contributed by atoms with E-state index >= 15 is 0 Å². The Balaban J connectivity index is 1.57. The number of carbonyl (C=O) groups is 2. The first-order chi connectivity index (χ1) is 13.6. The van der Waals surface area contributed by atoms with E-state index in [4.69, 9.17) is 14.2 Å². The molecule has 0 saturated heterocycles. The first-order valence-corrected chi connectivity index (χ1v) is 10.3. The lowest BCUT2D eigenvalue weighted by Crippen LogP contribution is -2.30. The molecule has 1 aromatic carbocycles. The van der Waals surface area contributed by atoms with Crippen molar-refractivity contribution in [1.29, 1.82) is 0 Å². The van der Waals surface area contributed by atoms with Crippen molar-refractivity contribution in [2.75, 3.05) is 27.4 Å². The van der Waals surface area contributed by atoms with Crippen molar-refractivity contribution in [3.63, 3.8) is 0 Å². The Morgan fingerprint density at radius 3 is 2.54 bits per heavy atom. The smallest absolute Gasteiger partial charge is 0.306 e. The lowest BCUT2D eigenvalue weighted by Gasteiger charge is -2.20. The molecular formula is C22H33NO5. The highest BCUT2D eigenvalue weighted by Gasteiger charge is 2.14. The fraction of sp³-hybridized carbons (Fsp3) is 0.636. The van der Waals surface area contributed by atoms with E-state index in [2.05, 4.69) is 5.32 Å². The summed E-state index contributed by atoms with van der Waals surface area (Å²) in [5.41, 5.74) is 1.03. The summed E-state index contributed by atoms with van der Waals surface area (Å²) in [7, 11) is 3.18. The number of nitrogens with one attached hydrogen (secondary N) is 1. The summed E-state index contributed by atoms with van der Waals surface area (Å²) in [5.74, 6) is 1.53. The zero-order valence-corrected chi connectivity index (χ0v) is 17.1. The number of carbonyl (C=O) groups excluding carboxylic acids is 2. The van der Waals surface area contributed by atoms with E-state index in [0.717, 1.165) is 24.3 Å². The molecule has 0 aliphatic heterocycles. The molecular weight excluding hydrogens is 358 g/mol. The van der Waals surface area contributed by atoms with Crippen molar-refractivity contribution in [2.24, 2.45) is 5.92 Å². The van der Waals surface area contributed by atoms with Gasteiger partial charge in [-0.05, 0) is 42.9 Å². The summed E-state index contributed by atoms with van der Waals surface area (Å²) in [6.07, 6.45) is 9.56. The monoisotopic (exact) mass is 391 g/mol. The van der Waals surface area contributed by atoms with Gasteiger partial charge in [0.25, 0.3) is 5.91 Å². The van der Waals surface area contributed by atoms with Crippen LogP contribution in [0.4, 0.5) is 0 Å². The fourth-order valence-corrected chi connectivity index (χ4v) is 3.66. The summed E-state index contributed by atoms with van der Waals surface area (Å²) in [5, 5.41) is 2.77. The molecule has 6 heteroatoms. The third-order valence-corrected chi connectivity index (χ3v) is 5.27. The molecule has 1 fully saturated rings. The number of hydrogen-bond donors (Lipinski definition) is 1. The molecule has 2 rings (SSSR count). The summed E-state index contributed by atoms with van der Waals surface area (Å²) >= 11 is 0. The molecule has 1 N–H and O–H groups in total. The van der Waals surface area contributed by atoms with Crippen LogP contribution in [0.3, 0.4) is 0 Å². The van der Waals surface area contributed by atoms with Gasteiger partial charge in [0.2, 0.25) is 0 Å². The van der Waals surface area contributed by atoms with Crippen LogP contribution in [0, 0.1) is 5.92 Å². The Labute approximate surface area is 167 Å². The molecule has 0 spiro atoms. The molecule has 0 radical (unpaired) electrons. The van der Waals surface area contributed by atoms with Gasteiger partial charge in [0.05, 0.1) is 14.2 Å². The van der Waals surface area contributed by atoms with Crippen LogP contribution in [0.5, 0.6) is 11.5 Å². The maximum absolute atomic E-state index is 11.8. The predicted octanol–water partition coefficient (Wildman–Crippen LogP) is 3.66. The standard InChI is InChI=1S/C22H33NO5/c1-26-19-12-11-18(15-20(19)27-2)13-14-23-21(24)16-28-22(25)10-6-9-17-7-4-3-5-8-17/h11-12,15,17H,3-10,13-14,16H2,1-2H3,(H,23,24). The average Bonchev–Trinajstić information content (AvgIpc) is 2.73. The Morgan fingerprint density at radius 2 is 1.82 bits per heavy atom. The molecule has 0 atom stereocenters. The first kappa shape index (κ1) is 22.1. The Morgan fingerprint density at radius 1 is 1.07 bits per heavy atom. The second-order valence-corrected chi connectivity index (χ2v) is 7.35. The normalized spacial score (nSPS) is 14.4. The Kier molecular flexibility index (Phi) is 9.66. The number of ether oxygens (including phenoxy) is 3. The van der Waals surface area contributed by atoms with E-state index in [1.165, 1.54) is 32.1 Å². The van der Waals surface area contributed by atoms with E-state index in [1.54, 1.807) is 14.2 Å². The van der Waals surface area contributed by atoms with Gasteiger partial charge in [-0.3, -0.25) is 9.59 Å². The van der Waals surface area contributed by atoms with Crippen LogP contribution in [0.1, 0.15) is 56.9 Å². The molecule has 0 heterocycles. The van der Waals surface area contributed by atoms with Crippen molar-refractivity contribution >= 4 is 11.9 Å². The number of hydrogen-bond acceptors (Lipinski definition) is 5. The summed E-state index contributed by atoms with van der Waals surface area (Å²) in [4.78, 5) is 23.6. The molecule has 6 nitrogen and oxygen atoms in total. The summed E-state index contributed by atoms with van der Waals surface area (Å²) in [6, 6.07) is 5.66. The minimum Gasteiger partial charge on any atom is -0.493 e. The number of esters is 1. The Bertz CT molecular complexity index is 625. The van der Waals surface area contributed by atoms with Crippen LogP contribution in [-0.2, 0) is 20.7 Å². The van der Waals surface area contributed by atoms with Gasteiger partial charge in [0.15, 0.2) is 18.1 Å². The maximum Gasteiger partial charge on any atom is 0.306 e. The van der Waals surface area contributed by atoms with Crippen molar-refractivity contribution in [1.82, 2.24) is 5.32 Å². The van der Waals surface area contributed by atoms with E-state index in [1.807, 2.05) is 18.2 Å². The van der Waals surface area contributed by atoms with Crippen LogP contribution in [0.25, 0.3) is 0 Å². The van der Waals surface area contributed by atoms with Crippen LogP contribution in [0.2, 0.25) is 0 Å². The first-order valence-electron chi connectivity index (χ1n) is 10.3. The van der Waals surface area contributed by atoms with E-state index in [9.17, 15) is 9.59 Å². The third-order valence-electron chi connectivity index (χ3n) is 5.27. The zero-order chi connectivity index (χ0) is 20.2. The van der Waals surface area contributed by atoms with Gasteiger partial charge in [-0.25, -0.2) is 0 Å². The zero-order valence-electron chi connectivity index (χ0n) is 17.1. The van der Waals surface area contributed by atoms with Crippen molar-refractivity contribution < 1.29 is 23.8 Å². The van der Waals surface area contributed by atoms with Gasteiger partial charge < -0.3 is 19.5 Å². The second kappa shape index (κ2) is 12.3. The second-order valence-electron chi connectivity index (χ2n) is 7.35. The van der Waals surface area contributed by atoms with Gasteiger partial charge >= 0.3 is 5.97 Å². The van der Waals surface area contributed by atoms with Gasteiger partial charge in [0, 0.05) is 13.0 Å². The van der Waals surface area contributed by atoms with E-state index in [0.29, 0.717) is 30.9 Å². The van der Waals surface area contributed by atoms with Gasteiger partial charge in [-0.15, -0.1) is 0 Å². The highest BCUT2D eigenvalue weighted by molar-refractivity contribution is 5.80. The summed E-state index contributed by atoms with van der Waals surface area (Å²) < 4.78 is 15.6. The van der Waals surface area contributed by atoms with Crippen molar-refractivity contribution in [2.45, 2.75) is 57.8 Å². The fourth-order valence-electron chi connectivity index (χ4n) is 3.66. The quantitative estimate of drug-likeness (QED) is 0.583. The number of methoxy groups -OCH3 is 2. The largest absolute Gasteiger partial charge is 0.493 e. The molecule has 1 aliphatic rings. The van der Waals surface area contributed by atoms with Gasteiger partial charge in [-0.2, -0.15) is 0 Å². The average molecular weight is 392 g/mol. The number of amides is 1. The minimum absolute atomic E-state index is 0.214. The van der Waals surface area contributed by atoms with Crippen LogP contribution in [0.15, 0.2) is 18.2 Å². The third kappa shape index (κ3) is 7.79. The predicted molar refractivity (Wildman–Crippen MR) is 108 cm³/mol. The van der Waals surface area contributed by atoms with Crippen molar-refractivity contribution in [3.8, 4) is 11.5 Å². The lowest BCUT2D eigenvalue weighted by atomic mass is 9.86. The number of rotatable bonds is 11. The molecule has 1 saturated carbocycles. The molecule has 0 unspecified atom stereocenters. The van der Waals surface area contributed by atoms with Crippen molar-refractivity contribution in [3.05, 3.63) is 23.8 Å². The molecule has 0 aromatic heterocycles. The topological polar surface area (TPSA) is 73.9 Å². The van der Waals surface area contributed by atoms with E-state index < -0.39 is 0 Å². The SMILES string of the molecule is COc1ccc(CCNC(=O)COC(=O)CCCC2CCCCC2)cc1OC.